The molecule has 0 fully saturated rings. The van der Waals surface area contributed by atoms with Gasteiger partial charge in [0.1, 0.15) is 5.82 Å². The van der Waals surface area contributed by atoms with E-state index in [1.165, 1.54) is 6.07 Å². The number of hydrogen-bond acceptors (Lipinski definition) is 3. The molecule has 6 heteroatoms. The van der Waals surface area contributed by atoms with E-state index in [4.69, 9.17) is 4.52 Å². The van der Waals surface area contributed by atoms with E-state index in [1.54, 1.807) is 18.2 Å². The van der Waals surface area contributed by atoms with Crippen LogP contribution in [0.2, 0.25) is 0 Å². The van der Waals surface area contributed by atoms with Crippen LogP contribution in [0.3, 0.4) is 0 Å². The number of guanidine groups is 1. The molecule has 2 rings (SSSR count). The van der Waals surface area contributed by atoms with Crippen LogP contribution in [0.15, 0.2) is 39.8 Å². The van der Waals surface area contributed by atoms with Gasteiger partial charge in [0.05, 0.1) is 18.8 Å². The average Bonchev–Trinajstić information content (AvgIpc) is 2.99. The number of benzene rings is 1. The zero-order valence-corrected chi connectivity index (χ0v) is 12.9. The number of rotatable bonds is 6. The third-order valence-electron chi connectivity index (χ3n) is 3.11. The lowest BCUT2D eigenvalue weighted by atomic mass is 10.2. The molecule has 0 radical (unpaired) electrons. The van der Waals surface area contributed by atoms with Gasteiger partial charge in [-0.1, -0.05) is 30.3 Å². The molecule has 0 amide bonds. The fraction of sp³-hybridized carbons (Fsp3) is 0.375. The third kappa shape index (κ3) is 4.58. The molecule has 0 bridgehead atoms. The number of aromatic nitrogens is 1. The van der Waals surface area contributed by atoms with Crippen molar-refractivity contribution < 1.29 is 8.91 Å². The molecule has 1 aromatic carbocycles. The van der Waals surface area contributed by atoms with Crippen LogP contribution in [-0.2, 0) is 19.5 Å². The Labute approximate surface area is 129 Å². The van der Waals surface area contributed by atoms with Crippen LogP contribution >= 0.6 is 0 Å². The maximum Gasteiger partial charge on any atom is 0.191 e. The predicted octanol–water partition coefficient (Wildman–Crippen LogP) is 2.63. The number of aliphatic imine (C=N–C) groups is 1. The predicted molar refractivity (Wildman–Crippen MR) is 83.9 cm³/mol. The summed E-state index contributed by atoms with van der Waals surface area (Å²) in [6.07, 6.45) is 0.838. The Balaban J connectivity index is 1.96. The molecule has 1 aromatic heterocycles. The van der Waals surface area contributed by atoms with Crippen LogP contribution in [0.4, 0.5) is 4.39 Å². The molecule has 0 aliphatic heterocycles. The first-order valence-electron chi connectivity index (χ1n) is 7.43. The number of halogens is 1. The molecular formula is C16H21FN4O. The van der Waals surface area contributed by atoms with Crippen molar-refractivity contribution in [3.8, 4) is 0 Å². The Morgan fingerprint density at radius 2 is 2.09 bits per heavy atom. The first-order chi connectivity index (χ1) is 10.7. The maximum absolute atomic E-state index is 13.6. The number of nitrogens with one attached hydrogen (secondary N) is 2. The van der Waals surface area contributed by atoms with Gasteiger partial charge in [-0.05, 0) is 19.4 Å². The molecular weight excluding hydrogens is 283 g/mol. The number of hydrogen-bond donors (Lipinski definition) is 2. The molecule has 0 aliphatic rings. The lowest BCUT2D eigenvalue weighted by Crippen LogP contribution is -2.36. The van der Waals surface area contributed by atoms with Gasteiger partial charge >= 0.3 is 0 Å². The van der Waals surface area contributed by atoms with Crippen molar-refractivity contribution in [3.63, 3.8) is 0 Å². The van der Waals surface area contributed by atoms with E-state index in [0.29, 0.717) is 18.1 Å². The zero-order chi connectivity index (χ0) is 15.8. The summed E-state index contributed by atoms with van der Waals surface area (Å²) in [7, 11) is 0. The largest absolute Gasteiger partial charge is 0.359 e. The Hall–Kier alpha value is -2.37. The van der Waals surface area contributed by atoms with Crippen molar-refractivity contribution in [2.24, 2.45) is 4.99 Å². The molecule has 2 N–H and O–H groups in total. The molecule has 1 heterocycles. The monoisotopic (exact) mass is 304 g/mol. The van der Waals surface area contributed by atoms with Crippen molar-refractivity contribution in [3.05, 3.63) is 53.2 Å². The summed E-state index contributed by atoms with van der Waals surface area (Å²) in [4.78, 5) is 4.38. The second kappa shape index (κ2) is 8.17. The van der Waals surface area contributed by atoms with Gasteiger partial charge in [-0.2, -0.15) is 0 Å². The van der Waals surface area contributed by atoms with E-state index >= 15 is 0 Å². The summed E-state index contributed by atoms with van der Waals surface area (Å²) in [5.74, 6) is 1.11. The van der Waals surface area contributed by atoms with E-state index in [0.717, 1.165) is 24.4 Å². The smallest absolute Gasteiger partial charge is 0.191 e. The highest BCUT2D eigenvalue weighted by molar-refractivity contribution is 5.79. The van der Waals surface area contributed by atoms with Crippen LogP contribution < -0.4 is 10.6 Å². The third-order valence-corrected chi connectivity index (χ3v) is 3.11. The van der Waals surface area contributed by atoms with Crippen LogP contribution in [0, 0.1) is 5.82 Å². The fourth-order valence-corrected chi connectivity index (χ4v) is 1.91. The van der Waals surface area contributed by atoms with Gasteiger partial charge in [-0.3, -0.25) is 0 Å². The Bertz CT molecular complexity index is 624. The van der Waals surface area contributed by atoms with Crippen molar-refractivity contribution in [2.45, 2.75) is 33.4 Å². The van der Waals surface area contributed by atoms with Crippen molar-refractivity contribution >= 4 is 5.96 Å². The summed E-state index contributed by atoms with van der Waals surface area (Å²) in [6, 6.07) is 8.54. The zero-order valence-electron chi connectivity index (χ0n) is 12.9. The van der Waals surface area contributed by atoms with Crippen LogP contribution in [-0.4, -0.2) is 17.7 Å². The molecule has 22 heavy (non-hydrogen) atoms. The van der Waals surface area contributed by atoms with Gasteiger partial charge in [0.25, 0.3) is 0 Å². The average molecular weight is 304 g/mol. The van der Waals surface area contributed by atoms with Crippen LogP contribution in [0.5, 0.6) is 0 Å². The fourth-order valence-electron chi connectivity index (χ4n) is 1.91. The molecule has 2 aromatic rings. The second-order valence-electron chi connectivity index (χ2n) is 4.78. The Kier molecular flexibility index (Phi) is 5.94. The molecule has 0 unspecified atom stereocenters. The van der Waals surface area contributed by atoms with E-state index in [1.807, 2.05) is 19.9 Å². The topological polar surface area (TPSA) is 62.5 Å². The minimum absolute atomic E-state index is 0.245. The molecule has 118 valence electrons. The number of nitrogens with zero attached hydrogens (tertiary/aromatic N) is 2. The second-order valence-corrected chi connectivity index (χ2v) is 4.78. The lowest BCUT2D eigenvalue weighted by molar-refractivity contribution is 0.374. The van der Waals surface area contributed by atoms with Crippen molar-refractivity contribution in [1.29, 1.82) is 0 Å². The van der Waals surface area contributed by atoms with Crippen molar-refractivity contribution in [2.75, 3.05) is 6.54 Å². The Morgan fingerprint density at radius 3 is 2.77 bits per heavy atom. The highest BCUT2D eigenvalue weighted by Gasteiger charge is 2.05. The molecule has 0 saturated heterocycles. The van der Waals surface area contributed by atoms with Gasteiger partial charge in [0.2, 0.25) is 0 Å². The lowest BCUT2D eigenvalue weighted by Gasteiger charge is -2.10. The first kappa shape index (κ1) is 16.0. The standard InChI is InChI=1S/C16H21FN4O/c1-3-13-9-14(22-21-13)11-20-16(18-4-2)19-10-12-7-5-6-8-15(12)17/h5-9H,3-4,10-11H2,1-2H3,(H2,18,19,20). The highest BCUT2D eigenvalue weighted by Crippen LogP contribution is 2.07. The van der Waals surface area contributed by atoms with Gasteiger partial charge < -0.3 is 15.2 Å². The summed E-state index contributed by atoms with van der Waals surface area (Å²) < 4.78 is 18.8. The molecule has 5 nitrogen and oxygen atoms in total. The van der Waals surface area contributed by atoms with Gasteiger partial charge in [0.15, 0.2) is 11.7 Å². The highest BCUT2D eigenvalue weighted by atomic mass is 19.1. The first-order valence-corrected chi connectivity index (χ1v) is 7.43. The normalized spacial score (nSPS) is 11.5. The Morgan fingerprint density at radius 1 is 1.27 bits per heavy atom. The number of aryl methyl sites for hydroxylation is 1. The minimum Gasteiger partial charge on any atom is -0.359 e. The van der Waals surface area contributed by atoms with Gasteiger partial charge in [-0.15, -0.1) is 0 Å². The van der Waals surface area contributed by atoms with E-state index < -0.39 is 0 Å². The quantitative estimate of drug-likeness (QED) is 0.636. The van der Waals surface area contributed by atoms with E-state index in [9.17, 15) is 4.39 Å². The molecule has 0 saturated carbocycles. The van der Waals surface area contributed by atoms with Crippen LogP contribution in [0.1, 0.15) is 30.9 Å². The maximum atomic E-state index is 13.6. The molecule has 0 spiro atoms. The van der Waals surface area contributed by atoms with Gasteiger partial charge in [-0.25, -0.2) is 9.38 Å². The summed E-state index contributed by atoms with van der Waals surface area (Å²) >= 11 is 0. The summed E-state index contributed by atoms with van der Waals surface area (Å²) in [5.41, 5.74) is 1.48. The molecule has 0 atom stereocenters. The summed E-state index contributed by atoms with van der Waals surface area (Å²) in [5, 5.41) is 10.2. The van der Waals surface area contributed by atoms with Crippen molar-refractivity contribution in [1.82, 2.24) is 15.8 Å². The van der Waals surface area contributed by atoms with Gasteiger partial charge in [0, 0.05) is 18.2 Å². The van der Waals surface area contributed by atoms with E-state index in [-0.39, 0.29) is 12.4 Å². The SMILES string of the molecule is CCNC(=NCc1ccccc1F)NCc1cc(CC)no1. The van der Waals surface area contributed by atoms with E-state index in [2.05, 4.69) is 20.8 Å². The van der Waals surface area contributed by atoms with Crippen LogP contribution in [0.25, 0.3) is 0 Å². The minimum atomic E-state index is -0.245. The summed E-state index contributed by atoms with van der Waals surface area (Å²) in [6.45, 7) is 5.48. The molecule has 0 aliphatic carbocycles.